The summed E-state index contributed by atoms with van der Waals surface area (Å²) in [5.74, 6) is 0.803. The number of H-pyrrole nitrogens is 1. The fraction of sp³-hybridized carbons (Fsp3) is 0.167. The topological polar surface area (TPSA) is 57.8 Å². The minimum absolute atomic E-state index is 0.0787. The molecule has 0 aliphatic heterocycles. The third kappa shape index (κ3) is 3.88. The van der Waals surface area contributed by atoms with Gasteiger partial charge >= 0.3 is 0 Å². The Morgan fingerprint density at radius 3 is 3.24 bits per heavy atom. The molecular weight excluding hydrogens is 234 g/mol. The third-order valence-corrected chi connectivity index (χ3v) is 3.00. The van der Waals surface area contributed by atoms with Gasteiger partial charge in [-0.15, -0.1) is 11.3 Å². The number of carbonyl (C=O) groups excluding carboxylic acids is 1. The summed E-state index contributed by atoms with van der Waals surface area (Å²) in [6.45, 7) is 0.584. The maximum atomic E-state index is 11.4. The van der Waals surface area contributed by atoms with Crippen LogP contribution in [0.25, 0.3) is 6.08 Å². The normalized spacial score (nSPS) is 10.8. The van der Waals surface area contributed by atoms with Crippen LogP contribution in [0.5, 0.6) is 0 Å². The van der Waals surface area contributed by atoms with Crippen molar-refractivity contribution in [3.8, 4) is 0 Å². The van der Waals surface area contributed by atoms with Gasteiger partial charge in [0, 0.05) is 36.3 Å². The van der Waals surface area contributed by atoms with Crippen molar-refractivity contribution in [2.45, 2.75) is 6.42 Å². The molecule has 17 heavy (non-hydrogen) atoms. The summed E-state index contributed by atoms with van der Waals surface area (Å²) in [4.78, 5) is 19.6. The van der Waals surface area contributed by atoms with Gasteiger partial charge in [-0.3, -0.25) is 4.79 Å². The van der Waals surface area contributed by atoms with Gasteiger partial charge in [0.25, 0.3) is 0 Å². The summed E-state index contributed by atoms with van der Waals surface area (Å²) in [6, 6.07) is 3.93. The van der Waals surface area contributed by atoms with Gasteiger partial charge in [-0.05, 0) is 17.5 Å². The zero-order valence-electron chi connectivity index (χ0n) is 9.22. The number of carbonyl (C=O) groups is 1. The van der Waals surface area contributed by atoms with Crippen LogP contribution in [0, 0.1) is 0 Å². The SMILES string of the molecule is O=C(/C=C/c1cccs1)NCCc1ncc[nH]1. The molecule has 0 aromatic carbocycles. The molecule has 0 saturated carbocycles. The van der Waals surface area contributed by atoms with Crippen molar-refractivity contribution < 1.29 is 4.79 Å². The molecule has 5 heteroatoms. The summed E-state index contributed by atoms with van der Waals surface area (Å²) in [6.07, 6.45) is 7.55. The van der Waals surface area contributed by atoms with Crippen LogP contribution in [0.2, 0.25) is 0 Å². The zero-order valence-corrected chi connectivity index (χ0v) is 10.0. The lowest BCUT2D eigenvalue weighted by Crippen LogP contribution is -2.23. The molecule has 0 unspecified atom stereocenters. The number of amides is 1. The maximum absolute atomic E-state index is 11.4. The molecule has 2 aromatic heterocycles. The van der Waals surface area contributed by atoms with Crippen LogP contribution in [-0.2, 0) is 11.2 Å². The highest BCUT2D eigenvalue weighted by molar-refractivity contribution is 7.10. The van der Waals surface area contributed by atoms with Gasteiger partial charge in [-0.1, -0.05) is 6.07 Å². The van der Waals surface area contributed by atoms with Gasteiger partial charge in [0.2, 0.25) is 5.91 Å². The van der Waals surface area contributed by atoms with Crippen LogP contribution in [0.15, 0.2) is 36.0 Å². The van der Waals surface area contributed by atoms with Gasteiger partial charge in [-0.25, -0.2) is 4.98 Å². The predicted octanol–water partition coefficient (Wildman–Crippen LogP) is 1.84. The molecule has 2 aromatic rings. The van der Waals surface area contributed by atoms with Crippen molar-refractivity contribution in [3.63, 3.8) is 0 Å². The molecule has 0 radical (unpaired) electrons. The first kappa shape index (κ1) is 11.6. The van der Waals surface area contributed by atoms with Crippen molar-refractivity contribution in [2.24, 2.45) is 0 Å². The number of rotatable bonds is 5. The molecule has 2 heterocycles. The first-order valence-electron chi connectivity index (χ1n) is 5.32. The Morgan fingerprint density at radius 2 is 2.53 bits per heavy atom. The highest BCUT2D eigenvalue weighted by atomic mass is 32.1. The van der Waals surface area contributed by atoms with Crippen LogP contribution in [-0.4, -0.2) is 22.4 Å². The summed E-state index contributed by atoms with van der Waals surface area (Å²) in [5, 5.41) is 4.78. The van der Waals surface area contributed by atoms with Gasteiger partial charge in [-0.2, -0.15) is 0 Å². The van der Waals surface area contributed by atoms with E-state index >= 15 is 0 Å². The fourth-order valence-corrected chi connectivity index (χ4v) is 1.96. The van der Waals surface area contributed by atoms with Crippen LogP contribution in [0.3, 0.4) is 0 Å². The quantitative estimate of drug-likeness (QED) is 0.792. The van der Waals surface area contributed by atoms with Crippen LogP contribution in [0.1, 0.15) is 10.7 Å². The second-order valence-electron chi connectivity index (χ2n) is 3.43. The summed E-state index contributed by atoms with van der Waals surface area (Å²) < 4.78 is 0. The first-order valence-corrected chi connectivity index (χ1v) is 6.20. The van der Waals surface area contributed by atoms with Crippen LogP contribution < -0.4 is 5.32 Å². The molecule has 88 valence electrons. The predicted molar refractivity (Wildman–Crippen MR) is 68.7 cm³/mol. The smallest absolute Gasteiger partial charge is 0.244 e. The number of nitrogens with zero attached hydrogens (tertiary/aromatic N) is 1. The van der Waals surface area contributed by atoms with Gasteiger partial charge in [0.15, 0.2) is 0 Å². The van der Waals surface area contributed by atoms with E-state index in [2.05, 4.69) is 15.3 Å². The molecule has 0 bridgehead atoms. The zero-order chi connectivity index (χ0) is 11.9. The standard InChI is InChI=1S/C12H13N3OS/c16-12(4-3-10-2-1-9-17-10)15-6-5-11-13-7-8-14-11/h1-4,7-9H,5-6H2,(H,13,14)(H,15,16)/b4-3+. The average molecular weight is 247 g/mol. The minimum atomic E-state index is -0.0787. The Kier molecular flexibility index (Phi) is 4.10. The summed E-state index contributed by atoms with van der Waals surface area (Å²) >= 11 is 1.60. The highest BCUT2D eigenvalue weighted by Gasteiger charge is 1.97. The lowest BCUT2D eigenvalue weighted by Gasteiger charge is -1.99. The number of thiophene rings is 1. The monoisotopic (exact) mass is 247 g/mol. The van der Waals surface area contributed by atoms with Crippen LogP contribution in [0.4, 0.5) is 0 Å². The van der Waals surface area contributed by atoms with E-state index in [9.17, 15) is 4.79 Å². The van der Waals surface area contributed by atoms with Gasteiger partial charge in [0.05, 0.1) is 0 Å². The van der Waals surface area contributed by atoms with Crippen molar-refractivity contribution in [2.75, 3.05) is 6.54 Å². The molecule has 0 fully saturated rings. The molecule has 2 rings (SSSR count). The third-order valence-electron chi connectivity index (χ3n) is 2.16. The fourth-order valence-electron chi connectivity index (χ4n) is 1.34. The van der Waals surface area contributed by atoms with Gasteiger partial charge in [0.1, 0.15) is 5.82 Å². The summed E-state index contributed by atoms with van der Waals surface area (Å²) in [5.41, 5.74) is 0. The number of nitrogens with one attached hydrogen (secondary N) is 2. The number of aromatic amines is 1. The van der Waals surface area contributed by atoms with E-state index in [0.717, 1.165) is 10.7 Å². The van der Waals surface area contributed by atoms with E-state index in [0.29, 0.717) is 13.0 Å². The molecule has 0 atom stereocenters. The molecular formula is C12H13N3OS. The lowest BCUT2D eigenvalue weighted by molar-refractivity contribution is -0.116. The van der Waals surface area contributed by atoms with E-state index in [1.807, 2.05) is 23.6 Å². The van der Waals surface area contributed by atoms with E-state index in [-0.39, 0.29) is 5.91 Å². The molecule has 2 N–H and O–H groups in total. The number of hydrogen-bond donors (Lipinski definition) is 2. The second kappa shape index (κ2) is 6.00. The molecule has 0 spiro atoms. The van der Waals surface area contributed by atoms with Crippen molar-refractivity contribution in [1.82, 2.24) is 15.3 Å². The number of aromatic nitrogens is 2. The van der Waals surface area contributed by atoms with E-state index in [4.69, 9.17) is 0 Å². The van der Waals surface area contributed by atoms with Crippen molar-refractivity contribution >= 4 is 23.3 Å². The molecule has 0 aliphatic rings. The largest absolute Gasteiger partial charge is 0.352 e. The van der Waals surface area contributed by atoms with E-state index in [1.54, 1.807) is 29.8 Å². The van der Waals surface area contributed by atoms with Crippen molar-refractivity contribution in [1.29, 1.82) is 0 Å². The molecule has 0 aliphatic carbocycles. The highest BCUT2D eigenvalue weighted by Crippen LogP contribution is 2.09. The number of hydrogen-bond acceptors (Lipinski definition) is 3. The minimum Gasteiger partial charge on any atom is -0.352 e. The Bertz CT molecular complexity index is 474. The van der Waals surface area contributed by atoms with Crippen molar-refractivity contribution in [3.05, 3.63) is 46.7 Å². The first-order chi connectivity index (χ1) is 8.34. The molecule has 1 amide bonds. The Hall–Kier alpha value is -1.88. The van der Waals surface area contributed by atoms with E-state index in [1.165, 1.54) is 0 Å². The van der Waals surface area contributed by atoms with Crippen LogP contribution >= 0.6 is 11.3 Å². The van der Waals surface area contributed by atoms with Gasteiger partial charge < -0.3 is 10.3 Å². The van der Waals surface area contributed by atoms with E-state index < -0.39 is 0 Å². The summed E-state index contributed by atoms with van der Waals surface area (Å²) in [7, 11) is 0. The average Bonchev–Trinajstić information content (AvgIpc) is 2.99. The second-order valence-corrected chi connectivity index (χ2v) is 4.40. The Morgan fingerprint density at radius 1 is 1.59 bits per heavy atom. The molecule has 0 saturated heterocycles. The molecule has 4 nitrogen and oxygen atoms in total. The lowest BCUT2D eigenvalue weighted by atomic mass is 10.3. The Balaban J connectivity index is 1.71. The number of imidazole rings is 1. The maximum Gasteiger partial charge on any atom is 0.244 e. The Labute approximate surface area is 103 Å².